The first-order valence-electron chi connectivity index (χ1n) is 10.8. The maximum Gasteiger partial charge on any atom is 0.191 e. The number of aromatic amines is 1. The van der Waals surface area contributed by atoms with E-state index in [4.69, 9.17) is 4.74 Å². The molecule has 2 heterocycles. The number of nitrogens with one attached hydrogen (secondary N) is 3. The quantitative estimate of drug-likeness (QED) is 0.404. The van der Waals surface area contributed by atoms with Crippen LogP contribution in [0.2, 0.25) is 0 Å². The smallest absolute Gasteiger partial charge is 0.191 e. The summed E-state index contributed by atoms with van der Waals surface area (Å²) in [5.41, 5.74) is 3.28. The minimum atomic E-state index is -0.225. The summed E-state index contributed by atoms with van der Waals surface area (Å²) in [5.74, 6) is 0.553. The van der Waals surface area contributed by atoms with Gasteiger partial charge in [-0.3, -0.25) is 9.89 Å². The first-order chi connectivity index (χ1) is 15.2. The standard InChI is InChI=1S/C24H30FN5O/c1-26-24(27-10-9-19-16-28-22-15-20(25)7-8-21(19)22)29-17-23(18-5-3-2-4-6-18)30-11-13-31-14-12-30/h2-8,15-16,23,28H,9-14,17H2,1H3,(H2,26,27,29). The molecule has 0 bridgehead atoms. The van der Waals surface area contributed by atoms with Gasteiger partial charge in [-0.25, -0.2) is 4.39 Å². The minimum Gasteiger partial charge on any atom is -0.379 e. The molecule has 4 rings (SSSR count). The molecule has 31 heavy (non-hydrogen) atoms. The van der Waals surface area contributed by atoms with Crippen molar-refractivity contribution >= 4 is 16.9 Å². The Balaban J connectivity index is 1.34. The Morgan fingerprint density at radius 2 is 1.97 bits per heavy atom. The number of hydrogen-bond donors (Lipinski definition) is 3. The average molecular weight is 424 g/mol. The summed E-state index contributed by atoms with van der Waals surface area (Å²) in [5, 5.41) is 7.95. The van der Waals surface area contributed by atoms with Gasteiger partial charge in [-0.2, -0.15) is 0 Å². The fourth-order valence-electron chi connectivity index (χ4n) is 4.12. The molecule has 1 aliphatic heterocycles. The van der Waals surface area contributed by atoms with Crippen LogP contribution in [0.25, 0.3) is 10.9 Å². The Labute approximate surface area is 182 Å². The van der Waals surface area contributed by atoms with Crippen molar-refractivity contribution in [3.8, 4) is 0 Å². The van der Waals surface area contributed by atoms with Crippen LogP contribution in [0.1, 0.15) is 17.2 Å². The number of hydrogen-bond acceptors (Lipinski definition) is 3. The molecule has 1 aliphatic rings. The number of H-pyrrole nitrogens is 1. The van der Waals surface area contributed by atoms with Crippen LogP contribution >= 0.6 is 0 Å². The number of morpholine rings is 1. The zero-order valence-corrected chi connectivity index (χ0v) is 17.9. The number of halogens is 1. The van der Waals surface area contributed by atoms with Crippen LogP contribution in [0.3, 0.4) is 0 Å². The molecule has 0 spiro atoms. The Hall–Kier alpha value is -2.90. The van der Waals surface area contributed by atoms with Gasteiger partial charge in [0, 0.05) is 50.3 Å². The third-order valence-electron chi connectivity index (χ3n) is 5.77. The van der Waals surface area contributed by atoms with Crippen LogP contribution in [0.5, 0.6) is 0 Å². The molecule has 0 aliphatic carbocycles. The van der Waals surface area contributed by atoms with Gasteiger partial charge in [0.25, 0.3) is 0 Å². The summed E-state index contributed by atoms with van der Waals surface area (Å²) < 4.78 is 18.9. The third kappa shape index (κ3) is 5.42. The number of guanidine groups is 1. The van der Waals surface area contributed by atoms with Crippen LogP contribution in [-0.2, 0) is 11.2 Å². The molecule has 3 aromatic rings. The van der Waals surface area contributed by atoms with Gasteiger partial charge in [-0.15, -0.1) is 0 Å². The van der Waals surface area contributed by atoms with Gasteiger partial charge in [0.2, 0.25) is 0 Å². The van der Waals surface area contributed by atoms with Crippen LogP contribution in [0.4, 0.5) is 4.39 Å². The van der Waals surface area contributed by atoms with E-state index in [0.29, 0.717) is 0 Å². The molecule has 1 saturated heterocycles. The number of aliphatic imine (C=N–C) groups is 1. The Kier molecular flexibility index (Phi) is 7.17. The van der Waals surface area contributed by atoms with E-state index >= 15 is 0 Å². The Morgan fingerprint density at radius 1 is 1.16 bits per heavy atom. The molecule has 1 fully saturated rings. The number of benzene rings is 2. The molecule has 2 aromatic carbocycles. The predicted molar refractivity (Wildman–Crippen MR) is 123 cm³/mol. The zero-order valence-electron chi connectivity index (χ0n) is 17.9. The summed E-state index contributed by atoms with van der Waals surface area (Å²) in [7, 11) is 1.79. The molecule has 1 atom stereocenters. The first kappa shape index (κ1) is 21.3. The molecule has 0 amide bonds. The summed E-state index contributed by atoms with van der Waals surface area (Å²) >= 11 is 0. The maximum absolute atomic E-state index is 13.4. The molecule has 1 unspecified atom stereocenters. The van der Waals surface area contributed by atoms with E-state index in [1.54, 1.807) is 7.05 Å². The monoisotopic (exact) mass is 423 g/mol. The van der Waals surface area contributed by atoms with E-state index in [1.165, 1.54) is 17.7 Å². The van der Waals surface area contributed by atoms with Gasteiger partial charge >= 0.3 is 0 Å². The second kappa shape index (κ2) is 10.4. The topological polar surface area (TPSA) is 64.7 Å². The molecule has 7 heteroatoms. The number of fused-ring (bicyclic) bond motifs is 1. The van der Waals surface area contributed by atoms with Crippen molar-refractivity contribution in [1.29, 1.82) is 0 Å². The lowest BCUT2D eigenvalue weighted by atomic mass is 10.0. The molecular formula is C24H30FN5O. The number of aromatic nitrogens is 1. The predicted octanol–water partition coefficient (Wildman–Crippen LogP) is 3.09. The van der Waals surface area contributed by atoms with E-state index in [-0.39, 0.29) is 11.9 Å². The van der Waals surface area contributed by atoms with Crippen molar-refractivity contribution < 1.29 is 9.13 Å². The second-order valence-corrected chi connectivity index (χ2v) is 7.71. The minimum absolute atomic E-state index is 0.225. The van der Waals surface area contributed by atoms with E-state index in [0.717, 1.165) is 68.2 Å². The van der Waals surface area contributed by atoms with Crippen LogP contribution in [0.15, 0.2) is 59.7 Å². The van der Waals surface area contributed by atoms with Crippen molar-refractivity contribution in [3.63, 3.8) is 0 Å². The van der Waals surface area contributed by atoms with Crippen molar-refractivity contribution in [2.75, 3.05) is 46.4 Å². The van der Waals surface area contributed by atoms with Gasteiger partial charge in [-0.05, 0) is 35.7 Å². The van der Waals surface area contributed by atoms with Gasteiger partial charge in [0.15, 0.2) is 5.96 Å². The lowest BCUT2D eigenvalue weighted by molar-refractivity contribution is 0.0170. The van der Waals surface area contributed by atoms with Crippen LogP contribution < -0.4 is 10.6 Å². The largest absolute Gasteiger partial charge is 0.379 e. The van der Waals surface area contributed by atoms with E-state index in [1.807, 2.05) is 18.3 Å². The van der Waals surface area contributed by atoms with Crippen LogP contribution in [-0.4, -0.2) is 62.3 Å². The Bertz CT molecular complexity index is 998. The van der Waals surface area contributed by atoms with Gasteiger partial charge in [0.05, 0.1) is 19.3 Å². The summed E-state index contributed by atoms with van der Waals surface area (Å²) in [6.07, 6.45) is 2.77. The fourth-order valence-corrected chi connectivity index (χ4v) is 4.12. The van der Waals surface area contributed by atoms with Gasteiger partial charge < -0.3 is 20.4 Å². The van der Waals surface area contributed by atoms with E-state index in [9.17, 15) is 4.39 Å². The highest BCUT2D eigenvalue weighted by atomic mass is 19.1. The zero-order chi connectivity index (χ0) is 21.5. The SMILES string of the molecule is CN=C(NCCc1c[nH]c2cc(F)ccc12)NCC(c1ccccc1)N1CCOCC1. The van der Waals surface area contributed by atoms with Crippen molar-refractivity contribution in [3.05, 3.63) is 71.7 Å². The molecule has 0 saturated carbocycles. The number of nitrogens with zero attached hydrogens (tertiary/aromatic N) is 2. The number of ether oxygens (including phenoxy) is 1. The van der Waals surface area contributed by atoms with E-state index < -0.39 is 0 Å². The summed E-state index contributed by atoms with van der Waals surface area (Å²) in [6.45, 7) is 4.88. The normalized spacial score (nSPS) is 16.4. The van der Waals surface area contributed by atoms with Gasteiger partial charge in [-0.1, -0.05) is 30.3 Å². The van der Waals surface area contributed by atoms with Crippen molar-refractivity contribution in [1.82, 2.24) is 20.5 Å². The number of rotatable bonds is 7. The summed E-state index contributed by atoms with van der Waals surface area (Å²) in [6, 6.07) is 15.7. The first-order valence-corrected chi connectivity index (χ1v) is 10.8. The lowest BCUT2D eigenvalue weighted by Crippen LogP contribution is -2.46. The highest BCUT2D eigenvalue weighted by Crippen LogP contribution is 2.21. The maximum atomic E-state index is 13.4. The highest BCUT2D eigenvalue weighted by molar-refractivity contribution is 5.83. The van der Waals surface area contributed by atoms with Crippen molar-refractivity contribution in [2.45, 2.75) is 12.5 Å². The lowest BCUT2D eigenvalue weighted by Gasteiger charge is -2.35. The van der Waals surface area contributed by atoms with Gasteiger partial charge in [0.1, 0.15) is 5.82 Å². The second-order valence-electron chi connectivity index (χ2n) is 7.71. The Morgan fingerprint density at radius 3 is 2.74 bits per heavy atom. The molecular weight excluding hydrogens is 393 g/mol. The molecule has 3 N–H and O–H groups in total. The summed E-state index contributed by atoms with van der Waals surface area (Å²) in [4.78, 5) is 9.99. The highest BCUT2D eigenvalue weighted by Gasteiger charge is 2.22. The molecule has 0 radical (unpaired) electrons. The van der Waals surface area contributed by atoms with E-state index in [2.05, 4.69) is 49.8 Å². The average Bonchev–Trinajstić information content (AvgIpc) is 3.21. The fraction of sp³-hybridized carbons (Fsp3) is 0.375. The molecule has 164 valence electrons. The van der Waals surface area contributed by atoms with Crippen LogP contribution in [0, 0.1) is 5.82 Å². The van der Waals surface area contributed by atoms with Crippen molar-refractivity contribution in [2.24, 2.45) is 4.99 Å². The molecule has 1 aromatic heterocycles. The molecule has 6 nitrogen and oxygen atoms in total. The third-order valence-corrected chi connectivity index (χ3v) is 5.77.